The van der Waals surface area contributed by atoms with Crippen molar-refractivity contribution in [1.82, 2.24) is 10.6 Å². The van der Waals surface area contributed by atoms with Crippen molar-refractivity contribution in [2.75, 3.05) is 32.8 Å². The molecule has 1 aromatic rings. The first-order valence-corrected chi connectivity index (χ1v) is 6.72. The van der Waals surface area contributed by atoms with Gasteiger partial charge in [0.05, 0.1) is 13.2 Å². The molecule has 0 amide bonds. The molecule has 0 bridgehead atoms. The molecule has 0 saturated heterocycles. The standard InChI is InChI=1S/C14H23N3O3/c15-6-7-16-8-9-17-13(14(18)19)11-20-10-12-4-2-1-3-5-12/h1-5,13,16-17H,6-11,15H2,(H,18,19)/t13-/m0/s1. The van der Waals surface area contributed by atoms with Crippen LogP contribution in [0.4, 0.5) is 0 Å². The van der Waals surface area contributed by atoms with Gasteiger partial charge in [0.15, 0.2) is 0 Å². The molecule has 0 aliphatic carbocycles. The van der Waals surface area contributed by atoms with Gasteiger partial charge in [-0.05, 0) is 5.56 Å². The van der Waals surface area contributed by atoms with Gasteiger partial charge in [-0.2, -0.15) is 0 Å². The van der Waals surface area contributed by atoms with Crippen LogP contribution in [0.15, 0.2) is 30.3 Å². The van der Waals surface area contributed by atoms with E-state index in [0.717, 1.165) is 12.1 Å². The molecule has 20 heavy (non-hydrogen) atoms. The van der Waals surface area contributed by atoms with Crippen LogP contribution in [-0.2, 0) is 16.1 Å². The van der Waals surface area contributed by atoms with E-state index in [1.54, 1.807) is 0 Å². The normalized spacial score (nSPS) is 12.2. The molecule has 0 radical (unpaired) electrons. The molecule has 0 aliphatic rings. The average Bonchev–Trinajstić information content (AvgIpc) is 2.46. The van der Waals surface area contributed by atoms with E-state index < -0.39 is 12.0 Å². The highest BCUT2D eigenvalue weighted by molar-refractivity contribution is 5.73. The number of hydrogen-bond donors (Lipinski definition) is 4. The number of benzene rings is 1. The van der Waals surface area contributed by atoms with Gasteiger partial charge in [-0.3, -0.25) is 4.79 Å². The van der Waals surface area contributed by atoms with Crippen molar-refractivity contribution in [3.8, 4) is 0 Å². The number of carbonyl (C=O) groups is 1. The predicted molar refractivity (Wildman–Crippen MR) is 77.4 cm³/mol. The summed E-state index contributed by atoms with van der Waals surface area (Å²) in [4.78, 5) is 11.1. The number of hydrogen-bond acceptors (Lipinski definition) is 5. The Kier molecular flexibility index (Phi) is 8.57. The molecular weight excluding hydrogens is 258 g/mol. The third kappa shape index (κ3) is 7.20. The molecule has 1 rings (SSSR count). The van der Waals surface area contributed by atoms with E-state index >= 15 is 0 Å². The van der Waals surface area contributed by atoms with Crippen LogP contribution in [0.3, 0.4) is 0 Å². The number of aliphatic carboxylic acids is 1. The Morgan fingerprint density at radius 3 is 2.65 bits per heavy atom. The van der Waals surface area contributed by atoms with Crippen molar-refractivity contribution in [2.45, 2.75) is 12.6 Å². The summed E-state index contributed by atoms with van der Waals surface area (Å²) >= 11 is 0. The largest absolute Gasteiger partial charge is 0.480 e. The maximum Gasteiger partial charge on any atom is 0.323 e. The van der Waals surface area contributed by atoms with E-state index in [1.165, 1.54) is 0 Å². The van der Waals surface area contributed by atoms with Gasteiger partial charge in [-0.15, -0.1) is 0 Å². The summed E-state index contributed by atoms with van der Waals surface area (Å²) in [5, 5.41) is 15.1. The van der Waals surface area contributed by atoms with Crippen molar-refractivity contribution in [1.29, 1.82) is 0 Å². The lowest BCUT2D eigenvalue weighted by Gasteiger charge is -2.15. The van der Waals surface area contributed by atoms with Crippen LogP contribution in [0.5, 0.6) is 0 Å². The van der Waals surface area contributed by atoms with Gasteiger partial charge in [0.2, 0.25) is 0 Å². The smallest absolute Gasteiger partial charge is 0.323 e. The summed E-state index contributed by atoms with van der Waals surface area (Å²) < 4.78 is 5.44. The fraction of sp³-hybridized carbons (Fsp3) is 0.500. The average molecular weight is 281 g/mol. The minimum Gasteiger partial charge on any atom is -0.480 e. The van der Waals surface area contributed by atoms with Crippen molar-refractivity contribution in [3.63, 3.8) is 0 Å². The van der Waals surface area contributed by atoms with E-state index in [0.29, 0.717) is 26.2 Å². The van der Waals surface area contributed by atoms with Crippen LogP contribution >= 0.6 is 0 Å². The molecule has 6 heteroatoms. The molecule has 0 fully saturated rings. The maximum absolute atomic E-state index is 11.1. The SMILES string of the molecule is NCCNCCN[C@@H](COCc1ccccc1)C(=O)O. The first kappa shape index (κ1) is 16.6. The van der Waals surface area contributed by atoms with Crippen LogP contribution in [0, 0.1) is 0 Å². The Balaban J connectivity index is 2.20. The van der Waals surface area contributed by atoms with Crippen molar-refractivity contribution in [2.24, 2.45) is 5.73 Å². The quantitative estimate of drug-likeness (QED) is 0.419. The predicted octanol–water partition coefficient (Wildman–Crippen LogP) is -0.206. The fourth-order valence-electron chi connectivity index (χ4n) is 1.65. The molecule has 1 atom stereocenters. The van der Waals surface area contributed by atoms with Crippen molar-refractivity contribution >= 4 is 5.97 Å². The lowest BCUT2D eigenvalue weighted by Crippen LogP contribution is -2.43. The van der Waals surface area contributed by atoms with Crippen LogP contribution in [0.1, 0.15) is 5.56 Å². The molecule has 1 aromatic carbocycles. The Labute approximate surface area is 119 Å². The number of rotatable bonds is 11. The van der Waals surface area contributed by atoms with Gasteiger partial charge in [0, 0.05) is 26.2 Å². The zero-order valence-electron chi connectivity index (χ0n) is 11.5. The highest BCUT2D eigenvalue weighted by Gasteiger charge is 2.16. The van der Waals surface area contributed by atoms with E-state index in [2.05, 4.69) is 10.6 Å². The summed E-state index contributed by atoms with van der Waals surface area (Å²) in [6.45, 7) is 3.09. The summed E-state index contributed by atoms with van der Waals surface area (Å²) in [6.07, 6.45) is 0. The van der Waals surface area contributed by atoms with Gasteiger partial charge >= 0.3 is 5.97 Å². The van der Waals surface area contributed by atoms with Gasteiger partial charge in [0.1, 0.15) is 6.04 Å². The van der Waals surface area contributed by atoms with E-state index in [1.807, 2.05) is 30.3 Å². The van der Waals surface area contributed by atoms with Crippen LogP contribution < -0.4 is 16.4 Å². The molecular formula is C14H23N3O3. The minimum absolute atomic E-state index is 0.140. The van der Waals surface area contributed by atoms with Gasteiger partial charge in [0.25, 0.3) is 0 Å². The Bertz CT molecular complexity index is 373. The molecule has 0 aliphatic heterocycles. The molecule has 0 heterocycles. The Hall–Kier alpha value is -1.47. The molecule has 0 spiro atoms. The van der Waals surface area contributed by atoms with E-state index in [4.69, 9.17) is 15.6 Å². The van der Waals surface area contributed by atoms with Crippen LogP contribution in [0.25, 0.3) is 0 Å². The second-order valence-electron chi connectivity index (χ2n) is 4.38. The summed E-state index contributed by atoms with van der Waals surface area (Å²) in [7, 11) is 0. The third-order valence-electron chi connectivity index (χ3n) is 2.71. The van der Waals surface area contributed by atoms with Gasteiger partial charge < -0.3 is 26.2 Å². The van der Waals surface area contributed by atoms with E-state index in [-0.39, 0.29) is 6.61 Å². The minimum atomic E-state index is -0.906. The first-order valence-electron chi connectivity index (χ1n) is 6.72. The summed E-state index contributed by atoms with van der Waals surface area (Å²) in [5.74, 6) is -0.906. The molecule has 0 unspecified atom stereocenters. The Morgan fingerprint density at radius 1 is 1.25 bits per heavy atom. The maximum atomic E-state index is 11.1. The number of nitrogens with one attached hydrogen (secondary N) is 2. The number of carboxylic acid groups (broad SMARTS) is 1. The zero-order valence-corrected chi connectivity index (χ0v) is 11.5. The fourth-order valence-corrected chi connectivity index (χ4v) is 1.65. The molecule has 0 aromatic heterocycles. The number of nitrogens with two attached hydrogens (primary N) is 1. The number of ether oxygens (including phenoxy) is 1. The second-order valence-corrected chi connectivity index (χ2v) is 4.38. The number of carboxylic acids is 1. The van der Waals surface area contributed by atoms with Crippen molar-refractivity contribution < 1.29 is 14.6 Å². The van der Waals surface area contributed by atoms with Gasteiger partial charge in [-0.1, -0.05) is 30.3 Å². The highest BCUT2D eigenvalue weighted by Crippen LogP contribution is 2.01. The summed E-state index contributed by atoms with van der Waals surface area (Å²) in [6, 6.07) is 8.97. The molecule has 112 valence electrons. The second kappa shape index (κ2) is 10.3. The highest BCUT2D eigenvalue weighted by atomic mass is 16.5. The lowest BCUT2D eigenvalue weighted by molar-refractivity contribution is -0.141. The zero-order chi connectivity index (χ0) is 14.6. The third-order valence-corrected chi connectivity index (χ3v) is 2.71. The summed E-state index contributed by atoms with van der Waals surface area (Å²) in [5.41, 5.74) is 6.37. The molecule has 0 saturated carbocycles. The van der Waals surface area contributed by atoms with Crippen molar-refractivity contribution in [3.05, 3.63) is 35.9 Å². The van der Waals surface area contributed by atoms with E-state index in [9.17, 15) is 4.79 Å². The van der Waals surface area contributed by atoms with Crippen LogP contribution in [-0.4, -0.2) is 49.9 Å². The first-order chi connectivity index (χ1) is 9.74. The topological polar surface area (TPSA) is 96.6 Å². The Morgan fingerprint density at radius 2 is 2.00 bits per heavy atom. The van der Waals surface area contributed by atoms with Crippen LogP contribution in [0.2, 0.25) is 0 Å². The van der Waals surface area contributed by atoms with Gasteiger partial charge in [-0.25, -0.2) is 0 Å². The molecule has 5 N–H and O–H groups in total. The lowest BCUT2D eigenvalue weighted by atomic mass is 10.2. The molecule has 6 nitrogen and oxygen atoms in total. The monoisotopic (exact) mass is 281 g/mol.